The molecule has 1 nitrogen and oxygen atoms in total. The van der Waals surface area contributed by atoms with Crippen LogP contribution in [0.3, 0.4) is 0 Å². The van der Waals surface area contributed by atoms with Gasteiger partial charge < -0.3 is 5.32 Å². The summed E-state index contributed by atoms with van der Waals surface area (Å²) in [4.78, 5) is 0. The van der Waals surface area contributed by atoms with Crippen molar-refractivity contribution < 1.29 is 4.39 Å². The number of anilines is 1. The van der Waals surface area contributed by atoms with Gasteiger partial charge in [-0.2, -0.15) is 0 Å². The van der Waals surface area contributed by atoms with E-state index in [1.165, 1.54) is 5.56 Å². The molecule has 0 radical (unpaired) electrons. The zero-order chi connectivity index (χ0) is 10.8. The van der Waals surface area contributed by atoms with Crippen molar-refractivity contribution in [3.63, 3.8) is 0 Å². The highest BCUT2D eigenvalue weighted by molar-refractivity contribution is 5.46. The van der Waals surface area contributed by atoms with Crippen molar-refractivity contribution >= 4 is 5.69 Å². The van der Waals surface area contributed by atoms with Crippen molar-refractivity contribution in [2.24, 2.45) is 0 Å². The minimum Gasteiger partial charge on any atom is -0.379 e. The maximum absolute atomic E-state index is 13.0. The highest BCUT2D eigenvalue weighted by Crippen LogP contribution is 2.27. The van der Waals surface area contributed by atoms with Gasteiger partial charge in [-0.1, -0.05) is 26.0 Å². The second kappa shape index (κ2) is 4.21. The first-order valence-corrected chi connectivity index (χ1v) is 5.67. The normalized spacial score (nSPS) is 25.1. The predicted octanol–water partition coefficient (Wildman–Crippen LogP) is 3.72. The van der Waals surface area contributed by atoms with Gasteiger partial charge in [0.25, 0.3) is 0 Å². The summed E-state index contributed by atoms with van der Waals surface area (Å²) in [5.74, 6) is 0.552. The lowest BCUT2D eigenvalue weighted by atomic mass is 9.90. The number of alkyl halides is 1. The quantitative estimate of drug-likeness (QED) is 0.796. The van der Waals surface area contributed by atoms with Crippen molar-refractivity contribution in [3.8, 4) is 0 Å². The van der Waals surface area contributed by atoms with Crippen LogP contribution in [0.2, 0.25) is 0 Å². The molecule has 0 spiro atoms. The van der Waals surface area contributed by atoms with Crippen LogP contribution in [0.1, 0.15) is 38.2 Å². The number of hydrogen-bond donors (Lipinski definition) is 1. The van der Waals surface area contributed by atoms with Gasteiger partial charge in [0.05, 0.1) is 6.04 Å². The first-order chi connectivity index (χ1) is 7.16. The maximum atomic E-state index is 13.0. The van der Waals surface area contributed by atoms with E-state index in [9.17, 15) is 4.39 Å². The average molecular weight is 207 g/mol. The van der Waals surface area contributed by atoms with Crippen LogP contribution >= 0.6 is 0 Å². The topological polar surface area (TPSA) is 12.0 Å². The summed E-state index contributed by atoms with van der Waals surface area (Å²) in [7, 11) is 0. The molecule has 0 aliphatic heterocycles. The summed E-state index contributed by atoms with van der Waals surface area (Å²) in [6.45, 7) is 4.35. The van der Waals surface area contributed by atoms with E-state index < -0.39 is 6.17 Å². The standard InChI is InChI=1S/C13H18FN/c1-9(2)10-3-5-11(6-4-10)15-13-8-7-12(13)14/h3-6,9,12-13,15H,7-8H2,1-2H3. The molecule has 82 valence electrons. The summed E-state index contributed by atoms with van der Waals surface area (Å²) < 4.78 is 13.0. The zero-order valence-corrected chi connectivity index (χ0v) is 9.33. The first-order valence-electron chi connectivity index (χ1n) is 5.67. The Hall–Kier alpha value is -1.05. The maximum Gasteiger partial charge on any atom is 0.120 e. The molecular weight excluding hydrogens is 189 g/mol. The molecule has 1 N–H and O–H groups in total. The molecule has 2 rings (SSSR count). The highest BCUT2D eigenvalue weighted by atomic mass is 19.1. The Labute approximate surface area is 90.7 Å². The van der Waals surface area contributed by atoms with Crippen LogP contribution in [-0.4, -0.2) is 12.2 Å². The second-order valence-corrected chi connectivity index (χ2v) is 4.62. The molecule has 0 amide bonds. The van der Waals surface area contributed by atoms with E-state index >= 15 is 0 Å². The molecule has 0 saturated heterocycles. The lowest BCUT2D eigenvalue weighted by Gasteiger charge is -2.32. The van der Waals surface area contributed by atoms with E-state index in [4.69, 9.17) is 0 Å². The summed E-state index contributed by atoms with van der Waals surface area (Å²) in [5, 5.41) is 3.22. The van der Waals surface area contributed by atoms with Crippen molar-refractivity contribution in [1.82, 2.24) is 0 Å². The third-order valence-corrected chi connectivity index (χ3v) is 3.12. The van der Waals surface area contributed by atoms with Gasteiger partial charge >= 0.3 is 0 Å². The third-order valence-electron chi connectivity index (χ3n) is 3.12. The minimum absolute atomic E-state index is 0.0369. The first kappa shape index (κ1) is 10.5. The van der Waals surface area contributed by atoms with Gasteiger partial charge in [0, 0.05) is 5.69 Å². The summed E-state index contributed by atoms with van der Waals surface area (Å²) in [6.07, 6.45) is 1.00. The molecule has 2 atom stereocenters. The fourth-order valence-corrected chi connectivity index (χ4v) is 1.80. The molecule has 1 fully saturated rings. The Morgan fingerprint density at radius 3 is 2.27 bits per heavy atom. The summed E-state index contributed by atoms with van der Waals surface area (Å²) in [6, 6.07) is 8.34. The molecule has 0 heterocycles. The van der Waals surface area contributed by atoms with Crippen molar-refractivity contribution in [2.75, 3.05) is 5.32 Å². The average Bonchev–Trinajstić information content (AvgIpc) is 2.24. The van der Waals surface area contributed by atoms with Crippen molar-refractivity contribution in [3.05, 3.63) is 29.8 Å². The second-order valence-electron chi connectivity index (χ2n) is 4.62. The Morgan fingerprint density at radius 2 is 1.87 bits per heavy atom. The number of rotatable bonds is 3. The molecule has 1 aliphatic rings. The molecule has 0 bridgehead atoms. The van der Waals surface area contributed by atoms with Gasteiger partial charge in [-0.15, -0.1) is 0 Å². The van der Waals surface area contributed by atoms with Gasteiger partial charge in [0.15, 0.2) is 0 Å². The van der Waals surface area contributed by atoms with E-state index in [1.54, 1.807) is 0 Å². The number of nitrogens with one attached hydrogen (secondary N) is 1. The smallest absolute Gasteiger partial charge is 0.120 e. The zero-order valence-electron chi connectivity index (χ0n) is 9.33. The van der Waals surface area contributed by atoms with E-state index in [0.29, 0.717) is 12.3 Å². The summed E-state index contributed by atoms with van der Waals surface area (Å²) in [5.41, 5.74) is 2.36. The van der Waals surface area contributed by atoms with Crippen molar-refractivity contribution in [2.45, 2.75) is 44.8 Å². The van der Waals surface area contributed by atoms with Crippen LogP contribution in [0.15, 0.2) is 24.3 Å². The van der Waals surface area contributed by atoms with Crippen molar-refractivity contribution in [1.29, 1.82) is 0 Å². The molecule has 2 heteroatoms. The predicted molar refractivity (Wildman–Crippen MR) is 62.1 cm³/mol. The molecule has 1 saturated carbocycles. The molecule has 1 aromatic carbocycles. The van der Waals surface area contributed by atoms with E-state index in [-0.39, 0.29) is 6.04 Å². The fourth-order valence-electron chi connectivity index (χ4n) is 1.80. The van der Waals surface area contributed by atoms with Crippen LogP contribution in [-0.2, 0) is 0 Å². The molecule has 1 aromatic rings. The van der Waals surface area contributed by atoms with Crippen LogP contribution < -0.4 is 5.32 Å². The molecule has 15 heavy (non-hydrogen) atoms. The van der Waals surface area contributed by atoms with Gasteiger partial charge in [-0.3, -0.25) is 0 Å². The minimum atomic E-state index is -0.658. The molecule has 2 unspecified atom stereocenters. The Balaban J connectivity index is 1.98. The SMILES string of the molecule is CC(C)c1ccc(NC2CCC2F)cc1. The van der Waals surface area contributed by atoms with Crippen LogP contribution in [0.5, 0.6) is 0 Å². The number of halogens is 1. The molecule has 1 aliphatic carbocycles. The Morgan fingerprint density at radius 1 is 1.20 bits per heavy atom. The van der Waals surface area contributed by atoms with Crippen LogP contribution in [0.25, 0.3) is 0 Å². The third kappa shape index (κ3) is 2.31. The Kier molecular flexibility index (Phi) is 2.94. The monoisotopic (exact) mass is 207 g/mol. The lowest BCUT2D eigenvalue weighted by molar-refractivity contribution is 0.186. The molecular formula is C13H18FN. The van der Waals surface area contributed by atoms with E-state index in [0.717, 1.165) is 12.1 Å². The molecule has 0 aromatic heterocycles. The van der Waals surface area contributed by atoms with Gasteiger partial charge in [0.2, 0.25) is 0 Å². The van der Waals surface area contributed by atoms with Gasteiger partial charge in [-0.05, 0) is 36.5 Å². The highest BCUT2D eigenvalue weighted by Gasteiger charge is 2.30. The van der Waals surface area contributed by atoms with E-state index in [2.05, 4.69) is 31.3 Å². The largest absolute Gasteiger partial charge is 0.379 e. The van der Waals surface area contributed by atoms with Gasteiger partial charge in [-0.25, -0.2) is 4.39 Å². The van der Waals surface area contributed by atoms with Gasteiger partial charge in [0.1, 0.15) is 6.17 Å². The van der Waals surface area contributed by atoms with Crippen LogP contribution in [0, 0.1) is 0 Å². The number of benzene rings is 1. The lowest BCUT2D eigenvalue weighted by Crippen LogP contribution is -2.39. The summed E-state index contributed by atoms with van der Waals surface area (Å²) >= 11 is 0. The van der Waals surface area contributed by atoms with E-state index in [1.807, 2.05) is 12.1 Å². The fraction of sp³-hybridized carbons (Fsp3) is 0.538. The Bertz CT molecular complexity index is 318. The number of hydrogen-bond acceptors (Lipinski definition) is 1. The van der Waals surface area contributed by atoms with Crippen LogP contribution in [0.4, 0.5) is 10.1 Å².